The number of nitrogens with one attached hydrogen (secondary N) is 1. The van der Waals surface area contributed by atoms with E-state index >= 15 is 0 Å². The molecule has 6 nitrogen and oxygen atoms in total. The number of dihydropyridines is 1. The number of methoxy groups -OCH3 is 2. The lowest BCUT2D eigenvalue weighted by atomic mass is 9.71. The summed E-state index contributed by atoms with van der Waals surface area (Å²) < 4.78 is 16.5. The number of ketones is 1. The second-order valence-electron chi connectivity index (χ2n) is 8.82. The van der Waals surface area contributed by atoms with Gasteiger partial charge in [-0.05, 0) is 61.1 Å². The SMILES string of the molecule is CCCOc1ccc([C@@H]2C(C(=O)OC)=C(C)NC3=C2C(=O)C[C@H](c2ccc(Cl)cc2)C3)cc1OC. The number of allylic oxidation sites excluding steroid dienone is 3. The van der Waals surface area contributed by atoms with E-state index in [1.165, 1.54) is 7.11 Å². The highest BCUT2D eigenvalue weighted by atomic mass is 35.5. The monoisotopic (exact) mass is 495 g/mol. The zero-order valence-corrected chi connectivity index (χ0v) is 21.2. The van der Waals surface area contributed by atoms with Crippen molar-refractivity contribution in [2.45, 2.75) is 44.9 Å². The number of halogens is 1. The molecule has 1 aliphatic carbocycles. The molecule has 2 aliphatic rings. The van der Waals surface area contributed by atoms with E-state index in [0.29, 0.717) is 52.8 Å². The molecule has 0 amide bonds. The van der Waals surface area contributed by atoms with Crippen LogP contribution < -0.4 is 14.8 Å². The maximum Gasteiger partial charge on any atom is 0.336 e. The molecule has 2 atom stereocenters. The third kappa shape index (κ3) is 4.94. The van der Waals surface area contributed by atoms with Gasteiger partial charge in [0.25, 0.3) is 0 Å². The molecule has 1 N–H and O–H groups in total. The Labute approximate surface area is 210 Å². The molecule has 184 valence electrons. The van der Waals surface area contributed by atoms with Crippen LogP contribution in [-0.4, -0.2) is 32.6 Å². The van der Waals surface area contributed by atoms with Gasteiger partial charge in [0.1, 0.15) is 0 Å². The quantitative estimate of drug-likeness (QED) is 0.499. The second kappa shape index (κ2) is 10.6. The molecule has 0 radical (unpaired) electrons. The van der Waals surface area contributed by atoms with E-state index in [-0.39, 0.29) is 11.7 Å². The first kappa shape index (κ1) is 24.9. The van der Waals surface area contributed by atoms with Crippen molar-refractivity contribution in [1.29, 1.82) is 0 Å². The predicted octanol–water partition coefficient (Wildman–Crippen LogP) is 5.67. The lowest BCUT2D eigenvalue weighted by molar-refractivity contribution is -0.136. The predicted molar refractivity (Wildman–Crippen MR) is 135 cm³/mol. The summed E-state index contributed by atoms with van der Waals surface area (Å²) in [6.07, 6.45) is 1.87. The molecule has 0 aromatic heterocycles. The highest BCUT2D eigenvalue weighted by Gasteiger charge is 2.41. The summed E-state index contributed by atoms with van der Waals surface area (Å²) in [4.78, 5) is 26.5. The first-order valence-corrected chi connectivity index (χ1v) is 12.1. The van der Waals surface area contributed by atoms with Crippen molar-refractivity contribution in [1.82, 2.24) is 5.32 Å². The van der Waals surface area contributed by atoms with Gasteiger partial charge in [0.2, 0.25) is 0 Å². The summed E-state index contributed by atoms with van der Waals surface area (Å²) in [7, 11) is 2.93. The van der Waals surface area contributed by atoms with Crippen LogP contribution in [0.2, 0.25) is 5.02 Å². The van der Waals surface area contributed by atoms with Crippen molar-refractivity contribution < 1.29 is 23.8 Å². The average molecular weight is 496 g/mol. The number of hydrogen-bond donors (Lipinski definition) is 1. The summed E-state index contributed by atoms with van der Waals surface area (Å²) in [5.74, 6) is 0.178. The van der Waals surface area contributed by atoms with Crippen molar-refractivity contribution in [2.24, 2.45) is 0 Å². The largest absolute Gasteiger partial charge is 0.493 e. The molecule has 1 aliphatic heterocycles. The van der Waals surface area contributed by atoms with E-state index in [1.54, 1.807) is 7.11 Å². The van der Waals surface area contributed by atoms with E-state index in [4.69, 9.17) is 25.8 Å². The molecule has 0 unspecified atom stereocenters. The zero-order valence-electron chi connectivity index (χ0n) is 20.4. The van der Waals surface area contributed by atoms with Gasteiger partial charge in [0.05, 0.1) is 26.4 Å². The topological polar surface area (TPSA) is 73.9 Å². The number of hydrogen-bond acceptors (Lipinski definition) is 6. The van der Waals surface area contributed by atoms with Gasteiger partial charge < -0.3 is 19.5 Å². The second-order valence-corrected chi connectivity index (χ2v) is 9.26. The number of carbonyl (C=O) groups excluding carboxylic acids is 2. The molecule has 35 heavy (non-hydrogen) atoms. The van der Waals surface area contributed by atoms with E-state index in [1.807, 2.05) is 56.3 Å². The smallest absolute Gasteiger partial charge is 0.336 e. The van der Waals surface area contributed by atoms with Crippen LogP contribution >= 0.6 is 11.6 Å². The maximum atomic E-state index is 13.6. The molecule has 4 rings (SSSR count). The number of rotatable bonds is 7. The van der Waals surface area contributed by atoms with E-state index in [0.717, 1.165) is 23.2 Å². The molecule has 2 aromatic carbocycles. The fourth-order valence-electron chi connectivity index (χ4n) is 4.92. The zero-order chi connectivity index (χ0) is 25.1. The Balaban J connectivity index is 1.79. The van der Waals surface area contributed by atoms with Crippen molar-refractivity contribution in [3.8, 4) is 11.5 Å². The van der Waals surface area contributed by atoms with Crippen LogP contribution in [0.15, 0.2) is 65.0 Å². The lowest BCUT2D eigenvalue weighted by Crippen LogP contribution is -2.36. The molecule has 0 saturated carbocycles. The van der Waals surface area contributed by atoms with E-state index < -0.39 is 11.9 Å². The number of ether oxygens (including phenoxy) is 3. The Morgan fingerprint density at radius 3 is 2.43 bits per heavy atom. The third-order valence-corrected chi connectivity index (χ3v) is 6.81. The van der Waals surface area contributed by atoms with Gasteiger partial charge in [0, 0.05) is 34.3 Å². The maximum absolute atomic E-state index is 13.6. The van der Waals surface area contributed by atoms with Crippen LogP contribution in [0.1, 0.15) is 56.1 Å². The molecule has 0 fully saturated rings. The average Bonchev–Trinajstić information content (AvgIpc) is 2.86. The molecule has 0 spiro atoms. The number of esters is 1. The van der Waals surface area contributed by atoms with Crippen LogP contribution in [0.4, 0.5) is 0 Å². The standard InChI is InChI=1S/C28H30ClNO5/c1-5-12-35-23-11-8-18(15-24(23)33-3)26-25(28(32)34-4)16(2)30-21-13-19(14-22(31)27(21)26)17-6-9-20(29)10-7-17/h6-11,15,19,26,30H,5,12-14H2,1-4H3/t19-,26-/m1/s1. The van der Waals surface area contributed by atoms with Gasteiger partial charge in [-0.1, -0.05) is 36.7 Å². The van der Waals surface area contributed by atoms with Gasteiger partial charge in [-0.15, -0.1) is 0 Å². The summed E-state index contributed by atoms with van der Waals surface area (Å²) in [6, 6.07) is 13.2. The van der Waals surface area contributed by atoms with Crippen molar-refractivity contribution >= 4 is 23.4 Å². The molecule has 7 heteroatoms. The highest BCUT2D eigenvalue weighted by Crippen LogP contribution is 2.47. The van der Waals surface area contributed by atoms with Crippen molar-refractivity contribution in [2.75, 3.05) is 20.8 Å². The van der Waals surface area contributed by atoms with Gasteiger partial charge >= 0.3 is 5.97 Å². The number of benzene rings is 2. The van der Waals surface area contributed by atoms with Crippen LogP contribution in [0.25, 0.3) is 0 Å². The minimum atomic E-state index is -0.563. The Kier molecular flexibility index (Phi) is 7.51. The molecule has 1 heterocycles. The van der Waals surface area contributed by atoms with Gasteiger partial charge in [-0.2, -0.15) is 0 Å². The molecule has 2 aromatic rings. The summed E-state index contributed by atoms with van der Waals surface area (Å²) >= 11 is 6.06. The summed E-state index contributed by atoms with van der Waals surface area (Å²) in [5, 5.41) is 4.01. The van der Waals surface area contributed by atoms with Crippen LogP contribution in [0.3, 0.4) is 0 Å². The summed E-state index contributed by atoms with van der Waals surface area (Å²) in [6.45, 7) is 4.44. The lowest BCUT2D eigenvalue weighted by Gasteiger charge is -2.36. The minimum Gasteiger partial charge on any atom is -0.493 e. The third-order valence-electron chi connectivity index (χ3n) is 6.56. The molecule has 0 bridgehead atoms. The highest BCUT2D eigenvalue weighted by molar-refractivity contribution is 6.30. The van der Waals surface area contributed by atoms with Crippen LogP contribution in [0.5, 0.6) is 11.5 Å². The Hall–Kier alpha value is -3.25. The van der Waals surface area contributed by atoms with Gasteiger partial charge in [-0.3, -0.25) is 4.79 Å². The fourth-order valence-corrected chi connectivity index (χ4v) is 5.04. The van der Waals surface area contributed by atoms with E-state index in [2.05, 4.69) is 5.32 Å². The first-order valence-electron chi connectivity index (χ1n) is 11.8. The van der Waals surface area contributed by atoms with Gasteiger partial charge in [0.15, 0.2) is 17.3 Å². The summed E-state index contributed by atoms with van der Waals surface area (Å²) in [5.41, 5.74) is 4.38. The normalized spacial score (nSPS) is 19.7. The number of Topliss-reactive ketones (excluding diaryl/α,β-unsaturated/α-hetero) is 1. The Bertz CT molecular complexity index is 1200. The Morgan fingerprint density at radius 2 is 1.77 bits per heavy atom. The molecular formula is C28H30ClNO5. The fraction of sp³-hybridized carbons (Fsp3) is 0.357. The van der Waals surface area contributed by atoms with Crippen molar-refractivity contribution in [3.63, 3.8) is 0 Å². The van der Waals surface area contributed by atoms with E-state index in [9.17, 15) is 9.59 Å². The molecule has 0 saturated heterocycles. The first-order chi connectivity index (χ1) is 16.9. The van der Waals surface area contributed by atoms with Crippen LogP contribution in [-0.2, 0) is 14.3 Å². The van der Waals surface area contributed by atoms with Gasteiger partial charge in [-0.25, -0.2) is 4.79 Å². The minimum absolute atomic E-state index is 0.00267. The Morgan fingerprint density at radius 1 is 1.06 bits per heavy atom. The van der Waals surface area contributed by atoms with Crippen molar-refractivity contribution in [3.05, 3.63) is 81.2 Å². The van der Waals surface area contributed by atoms with Crippen LogP contribution in [0, 0.1) is 0 Å². The number of carbonyl (C=O) groups is 2. The molecular weight excluding hydrogens is 466 g/mol.